The number of carbonyl (C=O) groups is 2. The van der Waals surface area contributed by atoms with Gasteiger partial charge in [-0.2, -0.15) is 0 Å². The number of halogens is 4. The van der Waals surface area contributed by atoms with Gasteiger partial charge in [-0.05, 0) is 60.7 Å². The molecule has 10 heteroatoms. The first-order chi connectivity index (χ1) is 16.8. The summed E-state index contributed by atoms with van der Waals surface area (Å²) in [5.41, 5.74) is 0.899. The molecule has 3 aromatic carbocycles. The highest BCUT2D eigenvalue weighted by atomic mass is 79.9. The van der Waals surface area contributed by atoms with E-state index in [1.54, 1.807) is 54.6 Å². The number of cyclic esters (lactones) is 1. The van der Waals surface area contributed by atoms with Crippen LogP contribution in [0, 0.1) is 0 Å². The van der Waals surface area contributed by atoms with Gasteiger partial charge < -0.3 is 9.47 Å². The second kappa shape index (κ2) is 9.87. The summed E-state index contributed by atoms with van der Waals surface area (Å²) in [5, 5.41) is 1.80. The smallest absolute Gasteiger partial charge is 0.363 e. The highest BCUT2D eigenvalue weighted by Gasteiger charge is 2.28. The van der Waals surface area contributed by atoms with E-state index in [1.165, 1.54) is 17.4 Å². The van der Waals surface area contributed by atoms with Crippen molar-refractivity contribution in [2.45, 2.75) is 0 Å². The molecule has 0 atom stereocenters. The molecule has 5 nitrogen and oxygen atoms in total. The van der Waals surface area contributed by atoms with E-state index in [0.717, 1.165) is 19.0 Å². The van der Waals surface area contributed by atoms with Crippen LogP contribution >= 0.6 is 66.4 Å². The summed E-state index contributed by atoms with van der Waals surface area (Å²) >= 11 is 20.7. The largest absolute Gasteiger partial charge is 0.422 e. The molecule has 1 aromatic heterocycles. The Bertz CT molecular complexity index is 1580. The van der Waals surface area contributed by atoms with Crippen molar-refractivity contribution in [3.8, 4) is 5.75 Å². The maximum atomic E-state index is 12.6. The highest BCUT2D eigenvalue weighted by molar-refractivity contribution is 9.10. The van der Waals surface area contributed by atoms with Gasteiger partial charge in [0.2, 0.25) is 5.90 Å². The van der Waals surface area contributed by atoms with E-state index in [4.69, 9.17) is 32.7 Å². The number of hydrogen-bond donors (Lipinski definition) is 0. The van der Waals surface area contributed by atoms with E-state index >= 15 is 0 Å². The van der Waals surface area contributed by atoms with Crippen molar-refractivity contribution in [3.63, 3.8) is 0 Å². The monoisotopic (exact) mass is 649 g/mol. The summed E-state index contributed by atoms with van der Waals surface area (Å²) in [5.74, 6) is -0.809. The Balaban J connectivity index is 1.49. The first-order valence-electron chi connectivity index (χ1n) is 9.96. The Morgan fingerprint density at radius 1 is 1.00 bits per heavy atom. The van der Waals surface area contributed by atoms with Gasteiger partial charge in [0.15, 0.2) is 5.70 Å². The van der Waals surface area contributed by atoms with Crippen LogP contribution in [-0.2, 0) is 9.53 Å². The van der Waals surface area contributed by atoms with Crippen LogP contribution in [0.2, 0.25) is 10.0 Å². The number of ether oxygens (including phenoxy) is 2. The molecule has 0 amide bonds. The number of benzene rings is 3. The van der Waals surface area contributed by atoms with Gasteiger partial charge in [-0.15, -0.1) is 11.3 Å². The fourth-order valence-corrected chi connectivity index (χ4v) is 5.66. The van der Waals surface area contributed by atoms with E-state index in [2.05, 4.69) is 36.9 Å². The lowest BCUT2D eigenvalue weighted by Crippen LogP contribution is -2.09. The molecular formula is C25H11Br2Cl2NO4S. The standard InChI is InChI=1S/C25H11Br2Cl2NO4S/c26-14-3-1-12(2-4-14)24(31)33-19-8-5-15(27)9-13(19)10-18-25(32)34-23(30-18)22-21(29)17-7-6-16(28)11-20(17)35-22/h1-11H/b18-10+. The molecule has 1 aliphatic heterocycles. The van der Waals surface area contributed by atoms with Crippen LogP contribution in [0.4, 0.5) is 0 Å². The van der Waals surface area contributed by atoms with Crippen molar-refractivity contribution < 1.29 is 19.1 Å². The predicted octanol–water partition coefficient (Wildman–Crippen LogP) is 8.30. The topological polar surface area (TPSA) is 65.0 Å². The molecule has 4 aromatic rings. The van der Waals surface area contributed by atoms with Gasteiger partial charge in [0.05, 0.1) is 10.6 Å². The van der Waals surface area contributed by atoms with Gasteiger partial charge in [-0.3, -0.25) is 0 Å². The number of esters is 2. The van der Waals surface area contributed by atoms with E-state index in [0.29, 0.717) is 26.0 Å². The summed E-state index contributed by atoms with van der Waals surface area (Å²) in [6.45, 7) is 0. The molecule has 2 heterocycles. The molecule has 0 saturated carbocycles. The highest BCUT2D eigenvalue weighted by Crippen LogP contribution is 2.39. The van der Waals surface area contributed by atoms with Gasteiger partial charge in [-0.1, -0.05) is 61.1 Å². The molecule has 0 aliphatic carbocycles. The van der Waals surface area contributed by atoms with Crippen LogP contribution in [0.3, 0.4) is 0 Å². The van der Waals surface area contributed by atoms with Crippen molar-refractivity contribution in [3.05, 3.63) is 101 Å². The summed E-state index contributed by atoms with van der Waals surface area (Å²) in [7, 11) is 0. The Labute approximate surface area is 230 Å². The molecule has 174 valence electrons. The molecule has 0 saturated heterocycles. The zero-order valence-electron chi connectivity index (χ0n) is 17.4. The molecule has 0 N–H and O–H groups in total. The number of hydrogen-bond acceptors (Lipinski definition) is 6. The molecule has 0 fully saturated rings. The maximum absolute atomic E-state index is 12.6. The lowest BCUT2D eigenvalue weighted by molar-refractivity contribution is -0.129. The van der Waals surface area contributed by atoms with Crippen LogP contribution in [0.1, 0.15) is 20.8 Å². The minimum absolute atomic E-state index is 0.0468. The normalized spacial score (nSPS) is 14.3. The number of thiophene rings is 1. The minimum Gasteiger partial charge on any atom is -0.422 e. The zero-order valence-corrected chi connectivity index (χ0v) is 22.9. The quantitative estimate of drug-likeness (QED) is 0.127. The van der Waals surface area contributed by atoms with Crippen molar-refractivity contribution in [1.82, 2.24) is 0 Å². The first-order valence-corrected chi connectivity index (χ1v) is 13.1. The average Bonchev–Trinajstić information content (AvgIpc) is 3.34. The molecule has 35 heavy (non-hydrogen) atoms. The molecule has 0 radical (unpaired) electrons. The van der Waals surface area contributed by atoms with E-state index < -0.39 is 11.9 Å². The van der Waals surface area contributed by atoms with E-state index in [9.17, 15) is 9.59 Å². The van der Waals surface area contributed by atoms with E-state index in [-0.39, 0.29) is 17.3 Å². The lowest BCUT2D eigenvalue weighted by Gasteiger charge is -2.08. The molecule has 0 spiro atoms. The van der Waals surface area contributed by atoms with Crippen LogP contribution in [-0.4, -0.2) is 17.8 Å². The summed E-state index contributed by atoms with van der Waals surface area (Å²) in [4.78, 5) is 30.2. The molecular weight excluding hydrogens is 641 g/mol. The lowest BCUT2D eigenvalue weighted by atomic mass is 10.1. The summed E-state index contributed by atoms with van der Waals surface area (Å²) < 4.78 is 13.4. The second-order valence-corrected chi connectivity index (χ2v) is 11.0. The second-order valence-electron chi connectivity index (χ2n) is 7.30. The third kappa shape index (κ3) is 5.08. The third-order valence-corrected chi connectivity index (χ3v) is 7.86. The average molecular weight is 652 g/mol. The number of aliphatic imine (C=N–C) groups is 1. The fraction of sp³-hybridized carbons (Fsp3) is 0. The molecule has 5 rings (SSSR count). The van der Waals surface area contributed by atoms with Crippen molar-refractivity contribution in [2.24, 2.45) is 4.99 Å². The van der Waals surface area contributed by atoms with Gasteiger partial charge in [-0.25, -0.2) is 14.6 Å². The van der Waals surface area contributed by atoms with Gasteiger partial charge in [0, 0.05) is 29.6 Å². The molecule has 0 unspecified atom stereocenters. The first kappa shape index (κ1) is 24.2. The summed E-state index contributed by atoms with van der Waals surface area (Å²) in [6, 6.07) is 17.2. The Morgan fingerprint density at radius 3 is 2.51 bits per heavy atom. The predicted molar refractivity (Wildman–Crippen MR) is 146 cm³/mol. The maximum Gasteiger partial charge on any atom is 0.363 e. The number of rotatable bonds is 4. The van der Waals surface area contributed by atoms with Crippen LogP contribution < -0.4 is 4.74 Å². The van der Waals surface area contributed by atoms with Gasteiger partial charge in [0.1, 0.15) is 10.6 Å². The van der Waals surface area contributed by atoms with Gasteiger partial charge >= 0.3 is 11.9 Å². The van der Waals surface area contributed by atoms with Crippen LogP contribution in [0.15, 0.2) is 80.3 Å². The van der Waals surface area contributed by atoms with Crippen molar-refractivity contribution in [1.29, 1.82) is 0 Å². The van der Waals surface area contributed by atoms with E-state index in [1.807, 2.05) is 6.07 Å². The number of nitrogens with zero attached hydrogens (tertiary/aromatic N) is 1. The third-order valence-electron chi connectivity index (χ3n) is 4.95. The van der Waals surface area contributed by atoms with Gasteiger partial charge in [0.25, 0.3) is 0 Å². The molecule has 0 bridgehead atoms. The Hall–Kier alpha value is -2.49. The van der Waals surface area contributed by atoms with Crippen molar-refractivity contribution in [2.75, 3.05) is 0 Å². The summed E-state index contributed by atoms with van der Waals surface area (Å²) in [6.07, 6.45) is 1.50. The Morgan fingerprint density at radius 2 is 1.74 bits per heavy atom. The SMILES string of the molecule is O=C1OC(c2sc3cc(Cl)ccc3c2Cl)=N/C1=C/c1cc(Br)ccc1OC(=O)c1ccc(Br)cc1. The van der Waals surface area contributed by atoms with Crippen molar-refractivity contribution >= 4 is 100 Å². The number of fused-ring (bicyclic) bond motifs is 1. The van der Waals surface area contributed by atoms with Crippen LogP contribution in [0.5, 0.6) is 5.75 Å². The zero-order chi connectivity index (χ0) is 24.7. The number of carbonyl (C=O) groups excluding carboxylic acids is 2. The Kier molecular flexibility index (Phi) is 6.83. The fourth-order valence-electron chi connectivity index (χ4n) is 3.30. The molecule has 1 aliphatic rings. The minimum atomic E-state index is -0.642. The van der Waals surface area contributed by atoms with Crippen LogP contribution in [0.25, 0.3) is 16.2 Å².